The molecule has 0 spiro atoms. The van der Waals surface area contributed by atoms with Crippen LogP contribution < -0.4 is 0 Å². The maximum absolute atomic E-state index is 11.4. The van der Waals surface area contributed by atoms with Crippen molar-refractivity contribution in [2.75, 3.05) is 0 Å². The topological polar surface area (TPSA) is 46.5 Å². The van der Waals surface area contributed by atoms with Gasteiger partial charge in [0.15, 0.2) is 0 Å². The van der Waals surface area contributed by atoms with Crippen LogP contribution in [0, 0.1) is 0 Å². The summed E-state index contributed by atoms with van der Waals surface area (Å²) in [5, 5.41) is 9.30. The van der Waals surface area contributed by atoms with Gasteiger partial charge in [-0.2, -0.15) is 0 Å². The second kappa shape index (κ2) is 3.33. The number of phenols is 1. The maximum Gasteiger partial charge on any atom is 0.339 e. The number of phenolic OH excluding ortho intramolecular Hbond substituents is 1. The zero-order valence-electron chi connectivity index (χ0n) is 7.99. The van der Waals surface area contributed by atoms with Gasteiger partial charge in [0.2, 0.25) is 0 Å². The van der Waals surface area contributed by atoms with E-state index in [9.17, 15) is 9.90 Å². The zero-order chi connectivity index (χ0) is 10.1. The molecule has 3 heteroatoms. The minimum atomic E-state index is -0.279. The third-order valence-electron chi connectivity index (χ3n) is 2.40. The maximum atomic E-state index is 11.4. The highest BCUT2D eigenvalue weighted by Crippen LogP contribution is 2.35. The van der Waals surface area contributed by atoms with Crippen LogP contribution in [0.15, 0.2) is 18.2 Å². The summed E-state index contributed by atoms with van der Waals surface area (Å²) in [5.74, 6) is -0.0957. The molecule has 0 saturated carbocycles. The fraction of sp³-hybridized carbons (Fsp3) is 0.364. The predicted octanol–water partition coefficient (Wildman–Crippen LogP) is 2.40. The Hall–Kier alpha value is -1.51. The molecule has 74 valence electrons. The van der Waals surface area contributed by atoms with Crippen molar-refractivity contribution in [2.45, 2.75) is 25.9 Å². The van der Waals surface area contributed by atoms with Crippen LogP contribution in [0.5, 0.6) is 5.75 Å². The van der Waals surface area contributed by atoms with Gasteiger partial charge < -0.3 is 9.84 Å². The van der Waals surface area contributed by atoms with Gasteiger partial charge >= 0.3 is 5.97 Å². The molecule has 0 amide bonds. The molecule has 1 aromatic carbocycles. The van der Waals surface area contributed by atoms with Crippen molar-refractivity contribution in [1.82, 2.24) is 0 Å². The molecule has 0 fully saturated rings. The zero-order valence-corrected chi connectivity index (χ0v) is 7.99. The Morgan fingerprint density at radius 1 is 1.50 bits per heavy atom. The standard InChI is InChI=1S/C11H12O3/c1-2-3-10-9-6-7(12)4-5-8(9)11(13)14-10/h4-6,10,12H,2-3H2,1H3/t10-/m0/s1. The van der Waals surface area contributed by atoms with E-state index in [1.807, 2.05) is 6.92 Å². The van der Waals surface area contributed by atoms with Crippen molar-refractivity contribution in [2.24, 2.45) is 0 Å². The van der Waals surface area contributed by atoms with Crippen LogP contribution in [0.25, 0.3) is 0 Å². The monoisotopic (exact) mass is 192 g/mol. The van der Waals surface area contributed by atoms with E-state index in [-0.39, 0.29) is 17.8 Å². The van der Waals surface area contributed by atoms with Gasteiger partial charge in [0.1, 0.15) is 11.9 Å². The van der Waals surface area contributed by atoms with Crippen molar-refractivity contribution in [3.8, 4) is 5.75 Å². The van der Waals surface area contributed by atoms with Crippen molar-refractivity contribution < 1.29 is 14.6 Å². The highest BCUT2D eigenvalue weighted by Gasteiger charge is 2.30. The van der Waals surface area contributed by atoms with Gasteiger partial charge in [-0.05, 0) is 24.6 Å². The van der Waals surface area contributed by atoms with Crippen LogP contribution in [0.4, 0.5) is 0 Å². The largest absolute Gasteiger partial charge is 0.508 e. The molecule has 3 nitrogen and oxygen atoms in total. The fourth-order valence-corrected chi connectivity index (χ4v) is 1.74. The molecule has 14 heavy (non-hydrogen) atoms. The Labute approximate surface area is 82.3 Å². The highest BCUT2D eigenvalue weighted by molar-refractivity contribution is 5.94. The number of esters is 1. The SMILES string of the molecule is CCC[C@@H]1OC(=O)c2ccc(O)cc21. The molecule has 0 saturated heterocycles. The molecule has 1 atom stereocenters. The molecule has 0 aromatic heterocycles. The average Bonchev–Trinajstić information content (AvgIpc) is 2.44. The molecule has 1 heterocycles. The lowest BCUT2D eigenvalue weighted by atomic mass is 10.0. The molecule has 0 aliphatic carbocycles. The fourth-order valence-electron chi connectivity index (χ4n) is 1.74. The first-order valence-corrected chi connectivity index (χ1v) is 4.76. The van der Waals surface area contributed by atoms with Gasteiger partial charge in [0.25, 0.3) is 0 Å². The number of carbonyl (C=O) groups excluding carboxylic acids is 1. The van der Waals surface area contributed by atoms with Gasteiger partial charge in [-0.1, -0.05) is 13.3 Å². The minimum absolute atomic E-state index is 0.172. The first-order chi connectivity index (χ1) is 6.72. The summed E-state index contributed by atoms with van der Waals surface area (Å²) < 4.78 is 5.18. The van der Waals surface area contributed by atoms with Crippen LogP contribution in [0.2, 0.25) is 0 Å². The Morgan fingerprint density at radius 3 is 3.00 bits per heavy atom. The summed E-state index contributed by atoms with van der Waals surface area (Å²) in [5.41, 5.74) is 1.40. The number of hydrogen-bond acceptors (Lipinski definition) is 3. The lowest BCUT2D eigenvalue weighted by Gasteiger charge is -2.08. The minimum Gasteiger partial charge on any atom is -0.508 e. The molecule has 0 radical (unpaired) electrons. The number of benzene rings is 1. The van der Waals surface area contributed by atoms with Gasteiger partial charge in [0.05, 0.1) is 5.56 Å². The number of cyclic esters (lactones) is 1. The van der Waals surface area contributed by atoms with Crippen LogP contribution in [0.1, 0.15) is 41.8 Å². The van der Waals surface area contributed by atoms with Crippen LogP contribution in [-0.2, 0) is 4.74 Å². The molecule has 1 aliphatic rings. The third kappa shape index (κ3) is 1.35. The van der Waals surface area contributed by atoms with E-state index in [1.165, 1.54) is 6.07 Å². The molecule has 0 unspecified atom stereocenters. The molecule has 2 rings (SSSR count). The summed E-state index contributed by atoms with van der Waals surface area (Å²) in [6, 6.07) is 4.73. The van der Waals surface area contributed by atoms with E-state index in [2.05, 4.69) is 0 Å². The number of carbonyl (C=O) groups is 1. The van der Waals surface area contributed by atoms with E-state index < -0.39 is 0 Å². The summed E-state index contributed by atoms with van der Waals surface area (Å²) in [6.45, 7) is 2.04. The number of hydrogen-bond donors (Lipinski definition) is 1. The Bertz CT molecular complexity index is 371. The second-order valence-electron chi connectivity index (χ2n) is 3.45. The Balaban J connectivity index is 2.40. The first-order valence-electron chi connectivity index (χ1n) is 4.76. The van der Waals surface area contributed by atoms with Gasteiger partial charge in [-0.15, -0.1) is 0 Å². The van der Waals surface area contributed by atoms with Gasteiger partial charge in [-0.25, -0.2) is 4.79 Å². The average molecular weight is 192 g/mol. The molecular weight excluding hydrogens is 180 g/mol. The van der Waals surface area contributed by atoms with Crippen LogP contribution in [0.3, 0.4) is 0 Å². The van der Waals surface area contributed by atoms with Crippen LogP contribution in [-0.4, -0.2) is 11.1 Å². The summed E-state index contributed by atoms with van der Waals surface area (Å²) in [6.07, 6.45) is 1.59. The molecule has 1 aromatic rings. The summed E-state index contributed by atoms with van der Waals surface area (Å²) in [4.78, 5) is 11.4. The van der Waals surface area contributed by atoms with Gasteiger partial charge in [0, 0.05) is 5.56 Å². The lowest BCUT2D eigenvalue weighted by Crippen LogP contribution is -1.97. The lowest BCUT2D eigenvalue weighted by molar-refractivity contribution is 0.0367. The Morgan fingerprint density at radius 2 is 2.29 bits per heavy atom. The van der Waals surface area contributed by atoms with E-state index in [4.69, 9.17) is 4.74 Å². The van der Waals surface area contributed by atoms with Gasteiger partial charge in [-0.3, -0.25) is 0 Å². The third-order valence-corrected chi connectivity index (χ3v) is 2.40. The highest BCUT2D eigenvalue weighted by atomic mass is 16.5. The van der Waals surface area contributed by atoms with E-state index in [0.717, 1.165) is 18.4 Å². The quantitative estimate of drug-likeness (QED) is 0.732. The normalized spacial score (nSPS) is 19.2. The second-order valence-corrected chi connectivity index (χ2v) is 3.45. The molecular formula is C11H12O3. The number of fused-ring (bicyclic) bond motifs is 1. The van der Waals surface area contributed by atoms with E-state index in [0.29, 0.717) is 5.56 Å². The van der Waals surface area contributed by atoms with Crippen molar-refractivity contribution in [3.63, 3.8) is 0 Å². The van der Waals surface area contributed by atoms with Crippen molar-refractivity contribution in [1.29, 1.82) is 0 Å². The number of ether oxygens (including phenoxy) is 1. The number of rotatable bonds is 2. The van der Waals surface area contributed by atoms with Crippen LogP contribution >= 0.6 is 0 Å². The van der Waals surface area contributed by atoms with Crippen molar-refractivity contribution >= 4 is 5.97 Å². The molecule has 1 N–H and O–H groups in total. The van der Waals surface area contributed by atoms with E-state index in [1.54, 1.807) is 12.1 Å². The smallest absolute Gasteiger partial charge is 0.339 e. The predicted molar refractivity (Wildman–Crippen MR) is 51.2 cm³/mol. The summed E-state index contributed by atoms with van der Waals surface area (Å²) in [7, 11) is 0. The molecule has 0 bridgehead atoms. The molecule has 1 aliphatic heterocycles. The number of aromatic hydroxyl groups is 1. The Kier molecular flexibility index (Phi) is 2.15. The summed E-state index contributed by atoms with van der Waals surface area (Å²) >= 11 is 0. The first kappa shape index (κ1) is 9.06. The van der Waals surface area contributed by atoms with E-state index >= 15 is 0 Å². The van der Waals surface area contributed by atoms with Crippen molar-refractivity contribution in [3.05, 3.63) is 29.3 Å².